The van der Waals surface area contributed by atoms with E-state index in [9.17, 15) is 9.59 Å². The van der Waals surface area contributed by atoms with Crippen molar-refractivity contribution in [2.24, 2.45) is 0 Å². The third-order valence-electron chi connectivity index (χ3n) is 5.45. The van der Waals surface area contributed by atoms with Crippen molar-refractivity contribution in [1.82, 2.24) is 0 Å². The van der Waals surface area contributed by atoms with Crippen LogP contribution in [0.25, 0.3) is 0 Å². The van der Waals surface area contributed by atoms with Crippen LogP contribution in [-0.4, -0.2) is 44.9 Å². The first-order chi connectivity index (χ1) is 16.6. The highest BCUT2D eigenvalue weighted by Crippen LogP contribution is 2.37. The van der Waals surface area contributed by atoms with Crippen molar-refractivity contribution in [2.45, 2.75) is 11.3 Å². The fraction of sp³-hybridized carbons (Fsp3) is 0.231. The molecule has 4 rings (SSSR count). The molecule has 1 aliphatic rings. The summed E-state index contributed by atoms with van der Waals surface area (Å²) in [6.07, 6.45) is 1.000. The van der Waals surface area contributed by atoms with Crippen LogP contribution in [0, 0.1) is 0 Å². The summed E-state index contributed by atoms with van der Waals surface area (Å²) in [5.41, 5.74) is 2.52. The molecular weight excluding hydrogens is 450 g/mol. The fourth-order valence-electron chi connectivity index (χ4n) is 3.80. The Bertz CT molecular complexity index is 1170. The van der Waals surface area contributed by atoms with Gasteiger partial charge < -0.3 is 25.0 Å². The Morgan fingerprint density at radius 2 is 1.56 bits per heavy atom. The van der Waals surface area contributed by atoms with Crippen molar-refractivity contribution in [3.8, 4) is 11.5 Å². The molecule has 0 atom stereocenters. The lowest BCUT2D eigenvalue weighted by Crippen LogP contribution is -2.34. The molecule has 1 aliphatic heterocycles. The molecule has 0 unspecified atom stereocenters. The minimum absolute atomic E-state index is 0.164. The van der Waals surface area contributed by atoms with Gasteiger partial charge in [0.25, 0.3) is 5.91 Å². The molecule has 7 nitrogen and oxygen atoms in total. The normalized spacial score (nSPS) is 12.8. The zero-order valence-corrected chi connectivity index (χ0v) is 20.0. The summed E-state index contributed by atoms with van der Waals surface area (Å²) < 4.78 is 11.0. The molecule has 0 saturated carbocycles. The van der Waals surface area contributed by atoms with Gasteiger partial charge in [0.1, 0.15) is 11.5 Å². The lowest BCUT2D eigenvalue weighted by molar-refractivity contribution is -0.115. The van der Waals surface area contributed by atoms with Gasteiger partial charge in [-0.15, -0.1) is 11.8 Å². The quantitative estimate of drug-likeness (QED) is 0.504. The molecule has 0 bridgehead atoms. The van der Waals surface area contributed by atoms with Gasteiger partial charge in [0.15, 0.2) is 0 Å². The monoisotopic (exact) mass is 477 g/mol. The van der Waals surface area contributed by atoms with Crippen molar-refractivity contribution in [2.75, 3.05) is 48.6 Å². The molecule has 0 fully saturated rings. The second-order valence-electron chi connectivity index (χ2n) is 7.71. The topological polar surface area (TPSA) is 79.9 Å². The molecule has 8 heteroatoms. The second-order valence-corrected chi connectivity index (χ2v) is 8.85. The third-order valence-corrected chi connectivity index (χ3v) is 6.60. The van der Waals surface area contributed by atoms with Gasteiger partial charge in [-0.05, 0) is 36.4 Å². The van der Waals surface area contributed by atoms with E-state index in [1.54, 1.807) is 36.4 Å². The molecule has 0 radical (unpaired) electrons. The van der Waals surface area contributed by atoms with Crippen molar-refractivity contribution in [3.05, 3.63) is 72.3 Å². The molecule has 1 heterocycles. The molecule has 176 valence electrons. The molecular formula is C26H27N3O4S. The number of anilines is 3. The number of hydrogen-bond donors (Lipinski definition) is 2. The Morgan fingerprint density at radius 3 is 2.26 bits per heavy atom. The van der Waals surface area contributed by atoms with E-state index >= 15 is 0 Å². The van der Waals surface area contributed by atoms with Crippen LogP contribution < -0.4 is 25.0 Å². The summed E-state index contributed by atoms with van der Waals surface area (Å²) in [4.78, 5) is 28.9. The lowest BCUT2D eigenvalue weighted by atomic mass is 10.2. The van der Waals surface area contributed by atoms with Gasteiger partial charge in [-0.1, -0.05) is 30.3 Å². The number of thioether (sulfide) groups is 1. The van der Waals surface area contributed by atoms with E-state index in [4.69, 9.17) is 9.47 Å². The van der Waals surface area contributed by atoms with Gasteiger partial charge in [-0.2, -0.15) is 0 Å². The Kier molecular flexibility index (Phi) is 7.59. The minimum atomic E-state index is -0.268. The van der Waals surface area contributed by atoms with Gasteiger partial charge >= 0.3 is 0 Å². The Labute approximate surface area is 203 Å². The summed E-state index contributed by atoms with van der Waals surface area (Å²) in [5.74, 6) is 1.43. The van der Waals surface area contributed by atoms with Gasteiger partial charge in [-0.25, -0.2) is 0 Å². The van der Waals surface area contributed by atoms with Crippen LogP contribution in [0.2, 0.25) is 0 Å². The van der Waals surface area contributed by atoms with Crippen LogP contribution in [0.15, 0.2) is 71.6 Å². The van der Waals surface area contributed by atoms with Gasteiger partial charge in [0, 0.05) is 29.1 Å². The number of amides is 2. The van der Waals surface area contributed by atoms with E-state index in [1.165, 1.54) is 19.1 Å². The zero-order chi connectivity index (χ0) is 23.9. The maximum absolute atomic E-state index is 13.0. The van der Waals surface area contributed by atoms with Crippen LogP contribution in [0.5, 0.6) is 11.5 Å². The van der Waals surface area contributed by atoms with Crippen LogP contribution in [0.1, 0.15) is 16.8 Å². The third kappa shape index (κ3) is 5.46. The number of hydrogen-bond acceptors (Lipinski definition) is 6. The first kappa shape index (κ1) is 23.5. The molecule has 0 aliphatic carbocycles. The van der Waals surface area contributed by atoms with Crippen LogP contribution in [-0.2, 0) is 4.79 Å². The number of benzene rings is 3. The summed E-state index contributed by atoms with van der Waals surface area (Å²) >= 11 is 1.82. The number of nitrogens with one attached hydrogen (secondary N) is 2. The maximum Gasteiger partial charge on any atom is 0.255 e. The summed E-state index contributed by atoms with van der Waals surface area (Å²) in [6.45, 7) is 1.03. The zero-order valence-electron chi connectivity index (χ0n) is 19.2. The predicted octanol–water partition coefficient (Wildman–Crippen LogP) is 4.90. The average molecular weight is 478 g/mol. The highest BCUT2D eigenvalue weighted by molar-refractivity contribution is 7.99. The maximum atomic E-state index is 13.0. The number of rotatable bonds is 7. The summed E-state index contributed by atoms with van der Waals surface area (Å²) in [5, 5.41) is 5.79. The Hall–Kier alpha value is -3.65. The molecule has 0 aromatic heterocycles. The van der Waals surface area contributed by atoms with Crippen LogP contribution in [0.4, 0.5) is 17.1 Å². The van der Waals surface area contributed by atoms with Crippen molar-refractivity contribution in [1.29, 1.82) is 0 Å². The van der Waals surface area contributed by atoms with Crippen molar-refractivity contribution < 1.29 is 19.1 Å². The molecule has 2 amide bonds. The molecule has 3 aromatic carbocycles. The summed E-state index contributed by atoms with van der Waals surface area (Å²) in [7, 11) is 3.03. The summed E-state index contributed by atoms with van der Waals surface area (Å²) in [6, 6.07) is 20.4. The average Bonchev–Trinajstić information content (AvgIpc) is 3.07. The lowest BCUT2D eigenvalue weighted by Gasteiger charge is -2.24. The number of ether oxygens (including phenoxy) is 2. The first-order valence-corrected chi connectivity index (χ1v) is 12.0. The molecule has 3 aromatic rings. The van der Waals surface area contributed by atoms with Crippen molar-refractivity contribution >= 4 is 40.6 Å². The van der Waals surface area contributed by atoms with Gasteiger partial charge in [0.05, 0.1) is 37.8 Å². The number of para-hydroxylation sites is 1. The highest BCUT2D eigenvalue weighted by atomic mass is 32.2. The van der Waals surface area contributed by atoms with Gasteiger partial charge in [0.2, 0.25) is 5.91 Å². The Morgan fingerprint density at radius 1 is 0.912 bits per heavy atom. The van der Waals surface area contributed by atoms with E-state index in [-0.39, 0.29) is 18.4 Å². The van der Waals surface area contributed by atoms with E-state index in [0.29, 0.717) is 28.4 Å². The standard InChI is InChI=1S/C26H27N3O4S/c1-32-22-16-20(28-26(31)18-9-4-3-5-10-18)23(33-2)15-19(22)27-25(30)17-29-13-8-14-34-24-12-7-6-11-21(24)29/h3-7,9-12,15-16H,8,13-14,17H2,1-2H3,(H,27,30)(H,28,31). The second kappa shape index (κ2) is 11.0. The van der Waals surface area contributed by atoms with Crippen LogP contribution in [0.3, 0.4) is 0 Å². The number of fused-ring (bicyclic) bond motifs is 1. The van der Waals surface area contributed by atoms with E-state index in [2.05, 4.69) is 27.7 Å². The fourth-order valence-corrected chi connectivity index (χ4v) is 4.82. The van der Waals surface area contributed by atoms with Crippen molar-refractivity contribution in [3.63, 3.8) is 0 Å². The number of methoxy groups -OCH3 is 2. The molecule has 0 saturated heterocycles. The van der Waals surface area contributed by atoms with E-state index < -0.39 is 0 Å². The van der Waals surface area contributed by atoms with E-state index in [1.807, 2.05) is 30.0 Å². The molecule has 0 spiro atoms. The van der Waals surface area contributed by atoms with Gasteiger partial charge in [-0.3, -0.25) is 9.59 Å². The molecule has 34 heavy (non-hydrogen) atoms. The predicted molar refractivity (Wildman–Crippen MR) is 137 cm³/mol. The number of carbonyl (C=O) groups is 2. The largest absolute Gasteiger partial charge is 0.494 e. The highest BCUT2D eigenvalue weighted by Gasteiger charge is 2.20. The smallest absolute Gasteiger partial charge is 0.255 e. The SMILES string of the molecule is COc1cc(NC(=O)c2ccccc2)c(OC)cc1NC(=O)CN1CCCSc2ccccc21. The molecule has 2 N–H and O–H groups in total. The Balaban J connectivity index is 1.51. The number of carbonyl (C=O) groups excluding carboxylic acids is 2. The first-order valence-electron chi connectivity index (χ1n) is 11.0. The minimum Gasteiger partial charge on any atom is -0.494 e. The van der Waals surface area contributed by atoms with E-state index in [0.717, 1.165) is 24.4 Å². The van der Waals surface area contributed by atoms with Crippen LogP contribution >= 0.6 is 11.8 Å². The number of nitrogens with zero attached hydrogens (tertiary/aromatic N) is 1.